The SMILES string of the molecule is COc1cc(/C=C2\C(=O)NC(=O)N(c3ccc(Cl)c(Cl)c3)C2=O)cc(Br)c1OCc1cccc(C)c1. The number of methoxy groups -OCH3 is 1. The Labute approximate surface area is 225 Å². The van der Waals surface area contributed by atoms with Crippen LogP contribution in [-0.4, -0.2) is 25.0 Å². The first-order valence-corrected chi connectivity index (χ1v) is 12.1. The number of barbiturate groups is 1. The number of urea groups is 1. The Morgan fingerprint density at radius 3 is 2.50 bits per heavy atom. The van der Waals surface area contributed by atoms with E-state index in [0.717, 1.165) is 16.0 Å². The molecule has 0 aromatic heterocycles. The highest BCUT2D eigenvalue weighted by molar-refractivity contribution is 9.10. The highest BCUT2D eigenvalue weighted by Gasteiger charge is 2.37. The molecule has 4 amide bonds. The van der Waals surface area contributed by atoms with Crippen molar-refractivity contribution in [3.05, 3.63) is 91.4 Å². The van der Waals surface area contributed by atoms with Crippen LogP contribution in [-0.2, 0) is 16.2 Å². The molecular weight excluding hydrogens is 571 g/mol. The van der Waals surface area contributed by atoms with Crippen molar-refractivity contribution in [2.75, 3.05) is 12.0 Å². The number of nitrogens with one attached hydrogen (secondary N) is 1. The van der Waals surface area contributed by atoms with Crippen molar-refractivity contribution in [2.45, 2.75) is 13.5 Å². The lowest BCUT2D eigenvalue weighted by Gasteiger charge is -2.26. The van der Waals surface area contributed by atoms with Gasteiger partial charge < -0.3 is 9.47 Å². The van der Waals surface area contributed by atoms with Crippen LogP contribution >= 0.6 is 39.1 Å². The molecular formula is C26H19BrCl2N2O5. The smallest absolute Gasteiger partial charge is 0.335 e. The van der Waals surface area contributed by atoms with E-state index in [1.165, 1.54) is 31.4 Å². The molecule has 3 aromatic carbocycles. The minimum absolute atomic E-state index is 0.159. The lowest BCUT2D eigenvalue weighted by atomic mass is 10.1. The Morgan fingerprint density at radius 2 is 1.81 bits per heavy atom. The second-order valence-electron chi connectivity index (χ2n) is 7.87. The Kier molecular flexibility index (Phi) is 7.68. The maximum absolute atomic E-state index is 13.2. The van der Waals surface area contributed by atoms with Crippen LogP contribution in [0.15, 0.2) is 64.6 Å². The van der Waals surface area contributed by atoms with Gasteiger partial charge >= 0.3 is 6.03 Å². The second-order valence-corrected chi connectivity index (χ2v) is 9.54. The van der Waals surface area contributed by atoms with Crippen molar-refractivity contribution in [3.63, 3.8) is 0 Å². The van der Waals surface area contributed by atoms with E-state index < -0.39 is 17.8 Å². The number of imide groups is 2. The summed E-state index contributed by atoms with van der Waals surface area (Å²) in [6, 6.07) is 14.6. The van der Waals surface area contributed by atoms with E-state index >= 15 is 0 Å². The average molecular weight is 590 g/mol. The zero-order chi connectivity index (χ0) is 26.0. The van der Waals surface area contributed by atoms with Crippen molar-refractivity contribution in [3.8, 4) is 11.5 Å². The van der Waals surface area contributed by atoms with Gasteiger partial charge in [-0.3, -0.25) is 14.9 Å². The van der Waals surface area contributed by atoms with Crippen molar-refractivity contribution in [2.24, 2.45) is 0 Å². The van der Waals surface area contributed by atoms with Crippen LogP contribution in [0.4, 0.5) is 10.5 Å². The average Bonchev–Trinajstić information content (AvgIpc) is 2.83. The summed E-state index contributed by atoms with van der Waals surface area (Å²) in [6.07, 6.45) is 1.37. The minimum atomic E-state index is -0.890. The summed E-state index contributed by atoms with van der Waals surface area (Å²) in [4.78, 5) is 39.0. The van der Waals surface area contributed by atoms with E-state index in [0.29, 0.717) is 28.1 Å². The summed E-state index contributed by atoms with van der Waals surface area (Å²) in [5, 5.41) is 2.60. The van der Waals surface area contributed by atoms with E-state index in [2.05, 4.69) is 21.2 Å². The van der Waals surface area contributed by atoms with Gasteiger partial charge in [0.15, 0.2) is 11.5 Å². The maximum atomic E-state index is 13.2. The van der Waals surface area contributed by atoms with E-state index in [1.54, 1.807) is 12.1 Å². The van der Waals surface area contributed by atoms with Crippen LogP contribution in [0.3, 0.4) is 0 Å². The normalized spacial score (nSPS) is 14.8. The van der Waals surface area contributed by atoms with Gasteiger partial charge in [0, 0.05) is 0 Å². The summed E-state index contributed by atoms with van der Waals surface area (Å²) >= 11 is 15.5. The Morgan fingerprint density at radius 1 is 1.03 bits per heavy atom. The summed E-state index contributed by atoms with van der Waals surface area (Å²) in [7, 11) is 1.49. The number of aryl methyl sites for hydroxylation is 1. The molecule has 4 rings (SSSR count). The number of hydrogen-bond donors (Lipinski definition) is 1. The second kappa shape index (κ2) is 10.7. The zero-order valence-corrected chi connectivity index (χ0v) is 22.2. The van der Waals surface area contributed by atoms with Gasteiger partial charge in [0.1, 0.15) is 12.2 Å². The van der Waals surface area contributed by atoms with Crippen molar-refractivity contribution in [1.82, 2.24) is 5.32 Å². The molecule has 1 heterocycles. The molecule has 1 aliphatic heterocycles. The molecule has 0 saturated carbocycles. The van der Waals surface area contributed by atoms with Gasteiger partial charge in [-0.1, -0.05) is 53.0 Å². The largest absolute Gasteiger partial charge is 0.493 e. The Bertz CT molecular complexity index is 1420. The molecule has 10 heteroatoms. The summed E-state index contributed by atoms with van der Waals surface area (Å²) < 4.78 is 12.0. The predicted molar refractivity (Wildman–Crippen MR) is 142 cm³/mol. The van der Waals surface area contributed by atoms with Gasteiger partial charge in [0.05, 0.1) is 27.3 Å². The molecule has 1 aliphatic rings. The van der Waals surface area contributed by atoms with Crippen LogP contribution in [0.25, 0.3) is 6.08 Å². The molecule has 7 nitrogen and oxygen atoms in total. The van der Waals surface area contributed by atoms with Crippen molar-refractivity contribution >= 4 is 68.7 Å². The first-order valence-electron chi connectivity index (χ1n) is 10.6. The number of ether oxygens (including phenoxy) is 2. The van der Waals surface area contributed by atoms with Gasteiger partial charge in [-0.25, -0.2) is 9.69 Å². The zero-order valence-electron chi connectivity index (χ0n) is 19.1. The third kappa shape index (κ3) is 5.41. The molecule has 0 radical (unpaired) electrons. The summed E-state index contributed by atoms with van der Waals surface area (Å²) in [5.41, 5.74) is 2.51. The number of rotatable bonds is 6. The number of anilines is 1. The number of carbonyl (C=O) groups is 3. The number of benzene rings is 3. The number of carbonyl (C=O) groups excluding carboxylic acids is 3. The van der Waals surface area contributed by atoms with Gasteiger partial charge in [0.25, 0.3) is 11.8 Å². The maximum Gasteiger partial charge on any atom is 0.335 e. The van der Waals surface area contributed by atoms with E-state index in [4.69, 9.17) is 32.7 Å². The Balaban J connectivity index is 1.65. The molecule has 36 heavy (non-hydrogen) atoms. The number of amides is 4. The fraction of sp³-hybridized carbons (Fsp3) is 0.115. The monoisotopic (exact) mass is 588 g/mol. The molecule has 0 unspecified atom stereocenters. The molecule has 1 saturated heterocycles. The van der Waals surface area contributed by atoms with Crippen LogP contribution in [0.2, 0.25) is 10.0 Å². The van der Waals surface area contributed by atoms with Gasteiger partial charge in [-0.15, -0.1) is 0 Å². The van der Waals surface area contributed by atoms with Crippen molar-refractivity contribution < 1.29 is 23.9 Å². The molecule has 0 atom stereocenters. The third-order valence-corrected chi connectivity index (χ3v) is 6.62. The van der Waals surface area contributed by atoms with Crippen LogP contribution in [0, 0.1) is 6.92 Å². The minimum Gasteiger partial charge on any atom is -0.493 e. The van der Waals surface area contributed by atoms with Crippen LogP contribution in [0.5, 0.6) is 11.5 Å². The molecule has 0 spiro atoms. The molecule has 1 fully saturated rings. The highest BCUT2D eigenvalue weighted by atomic mass is 79.9. The van der Waals surface area contributed by atoms with Crippen molar-refractivity contribution in [1.29, 1.82) is 0 Å². The molecule has 1 N–H and O–H groups in total. The molecule has 3 aromatic rings. The van der Waals surface area contributed by atoms with E-state index in [-0.39, 0.29) is 21.3 Å². The summed E-state index contributed by atoms with van der Waals surface area (Å²) in [6.45, 7) is 2.32. The topological polar surface area (TPSA) is 84.9 Å². The van der Waals surface area contributed by atoms with Gasteiger partial charge in [0.2, 0.25) is 0 Å². The van der Waals surface area contributed by atoms with Crippen LogP contribution in [0.1, 0.15) is 16.7 Å². The van der Waals surface area contributed by atoms with E-state index in [1.807, 2.05) is 31.2 Å². The van der Waals surface area contributed by atoms with Gasteiger partial charge in [-0.05, 0) is 70.4 Å². The molecule has 0 bridgehead atoms. The predicted octanol–water partition coefficient (Wildman–Crippen LogP) is 6.32. The summed E-state index contributed by atoms with van der Waals surface area (Å²) in [5.74, 6) is -0.772. The first kappa shape index (κ1) is 25.8. The lowest BCUT2D eigenvalue weighted by Crippen LogP contribution is -2.54. The first-order chi connectivity index (χ1) is 17.2. The van der Waals surface area contributed by atoms with Crippen LogP contribution < -0.4 is 19.7 Å². The Hall–Kier alpha value is -3.33. The lowest BCUT2D eigenvalue weighted by molar-refractivity contribution is -0.122. The number of hydrogen-bond acceptors (Lipinski definition) is 5. The van der Waals surface area contributed by atoms with E-state index in [9.17, 15) is 14.4 Å². The third-order valence-electron chi connectivity index (χ3n) is 5.29. The fourth-order valence-corrected chi connectivity index (χ4v) is 4.47. The highest BCUT2D eigenvalue weighted by Crippen LogP contribution is 2.38. The number of nitrogens with zero attached hydrogens (tertiary/aromatic N) is 1. The quantitative estimate of drug-likeness (QED) is 0.269. The number of halogens is 3. The molecule has 0 aliphatic carbocycles. The standard InChI is InChI=1S/C26H19BrCl2N2O5/c1-14-4-3-5-15(8-14)13-36-23-19(27)10-16(11-22(23)35-2)9-18-24(32)30-26(34)31(25(18)33)17-6-7-20(28)21(29)12-17/h3-12H,13H2,1-2H3,(H,30,32,34)/b18-9+. The fourth-order valence-electron chi connectivity index (χ4n) is 3.60. The molecule has 184 valence electrons. The van der Waals surface area contributed by atoms with Gasteiger partial charge in [-0.2, -0.15) is 0 Å².